The van der Waals surface area contributed by atoms with Crippen LogP contribution in [0.15, 0.2) is 36.4 Å². The van der Waals surface area contributed by atoms with Crippen molar-refractivity contribution in [1.82, 2.24) is 0 Å². The van der Waals surface area contributed by atoms with E-state index in [1.807, 2.05) is 12.2 Å². The van der Waals surface area contributed by atoms with Gasteiger partial charge in [0.05, 0.1) is 6.42 Å². The van der Waals surface area contributed by atoms with Crippen LogP contribution in [0.3, 0.4) is 0 Å². The van der Waals surface area contributed by atoms with Crippen molar-refractivity contribution in [2.24, 2.45) is 5.92 Å². The number of esters is 1. The maximum atomic E-state index is 11.8. The van der Waals surface area contributed by atoms with Gasteiger partial charge in [0.15, 0.2) is 6.61 Å². The van der Waals surface area contributed by atoms with E-state index in [9.17, 15) is 14.4 Å². The minimum absolute atomic E-state index is 0.191. The highest BCUT2D eigenvalue weighted by atomic mass is 16.5. The van der Waals surface area contributed by atoms with E-state index in [-0.39, 0.29) is 24.4 Å². The number of rotatable bonds is 6. The molecule has 1 aromatic rings. The Kier molecular flexibility index (Phi) is 5.91. The van der Waals surface area contributed by atoms with Crippen LogP contribution >= 0.6 is 0 Å². The van der Waals surface area contributed by atoms with Crippen molar-refractivity contribution < 1.29 is 19.1 Å². The molecular weight excluding hydrogens is 296 g/mol. The molecule has 0 aliphatic heterocycles. The lowest BCUT2D eigenvalue weighted by Gasteiger charge is -2.10. The van der Waals surface area contributed by atoms with Crippen molar-refractivity contribution in [2.75, 3.05) is 17.2 Å². The van der Waals surface area contributed by atoms with Crippen molar-refractivity contribution in [3.8, 4) is 0 Å². The van der Waals surface area contributed by atoms with Crippen LogP contribution in [0.2, 0.25) is 0 Å². The van der Waals surface area contributed by atoms with Gasteiger partial charge in [-0.05, 0) is 37.0 Å². The molecule has 2 N–H and O–H groups in total. The van der Waals surface area contributed by atoms with Gasteiger partial charge in [-0.25, -0.2) is 0 Å². The Bertz CT molecular complexity index is 625. The Hall–Kier alpha value is -2.63. The number of ether oxygens (including phenoxy) is 1. The predicted molar refractivity (Wildman–Crippen MR) is 86.8 cm³/mol. The van der Waals surface area contributed by atoms with E-state index in [4.69, 9.17) is 4.74 Å². The molecule has 6 nitrogen and oxygen atoms in total. The van der Waals surface area contributed by atoms with Gasteiger partial charge in [0, 0.05) is 18.3 Å². The third-order valence-corrected chi connectivity index (χ3v) is 3.37. The first-order chi connectivity index (χ1) is 11.0. The number of carbonyl (C=O) groups excluding carboxylic acids is 3. The third kappa shape index (κ3) is 5.94. The molecule has 0 spiro atoms. The van der Waals surface area contributed by atoms with Gasteiger partial charge < -0.3 is 15.4 Å². The van der Waals surface area contributed by atoms with Crippen molar-refractivity contribution in [1.29, 1.82) is 0 Å². The van der Waals surface area contributed by atoms with Gasteiger partial charge in [-0.3, -0.25) is 14.4 Å². The fourth-order valence-corrected chi connectivity index (χ4v) is 2.36. The number of hydrogen-bond acceptors (Lipinski definition) is 4. The summed E-state index contributed by atoms with van der Waals surface area (Å²) in [6, 6.07) is 6.74. The SMILES string of the molecule is CC(=O)Nc1cccc(NC(=O)COC(=O)C[C@@H]2C=CCC2)c1. The van der Waals surface area contributed by atoms with Gasteiger partial charge in [-0.1, -0.05) is 18.2 Å². The number of amides is 2. The van der Waals surface area contributed by atoms with Crippen LogP contribution in [0, 0.1) is 5.92 Å². The fourth-order valence-electron chi connectivity index (χ4n) is 2.36. The van der Waals surface area contributed by atoms with Crippen molar-refractivity contribution in [3.05, 3.63) is 36.4 Å². The Morgan fingerprint density at radius 1 is 1.22 bits per heavy atom. The van der Waals surface area contributed by atoms with Gasteiger partial charge in [0.2, 0.25) is 5.91 Å². The highest BCUT2D eigenvalue weighted by molar-refractivity contribution is 5.94. The maximum absolute atomic E-state index is 11.8. The standard InChI is InChI=1S/C17H20N2O4/c1-12(20)18-14-7-4-8-15(10-14)19-16(21)11-23-17(22)9-13-5-2-3-6-13/h2,4-5,7-8,10,13H,3,6,9,11H2,1H3,(H,18,20)(H,19,21)/t13-/m1/s1. The maximum Gasteiger partial charge on any atom is 0.306 e. The van der Waals surface area contributed by atoms with Crippen LogP contribution in [0.25, 0.3) is 0 Å². The summed E-state index contributed by atoms with van der Waals surface area (Å²) in [4.78, 5) is 34.5. The molecule has 0 saturated carbocycles. The minimum atomic E-state index is -0.416. The molecule has 1 aromatic carbocycles. The monoisotopic (exact) mass is 316 g/mol. The highest BCUT2D eigenvalue weighted by Gasteiger charge is 2.16. The number of nitrogens with one attached hydrogen (secondary N) is 2. The van der Waals surface area contributed by atoms with E-state index >= 15 is 0 Å². The third-order valence-electron chi connectivity index (χ3n) is 3.37. The Morgan fingerprint density at radius 2 is 1.96 bits per heavy atom. The van der Waals surface area contributed by atoms with E-state index in [0.717, 1.165) is 12.8 Å². The Labute approximate surface area is 134 Å². The molecule has 0 saturated heterocycles. The minimum Gasteiger partial charge on any atom is -0.456 e. The van der Waals surface area contributed by atoms with Gasteiger partial charge in [-0.15, -0.1) is 0 Å². The van der Waals surface area contributed by atoms with Crippen LogP contribution in [0.5, 0.6) is 0 Å². The largest absolute Gasteiger partial charge is 0.456 e. The second-order valence-corrected chi connectivity index (χ2v) is 5.44. The molecule has 0 unspecified atom stereocenters. The fraction of sp³-hybridized carbons (Fsp3) is 0.353. The zero-order chi connectivity index (χ0) is 16.7. The molecule has 1 atom stereocenters. The van der Waals surface area contributed by atoms with E-state index in [2.05, 4.69) is 10.6 Å². The first-order valence-corrected chi connectivity index (χ1v) is 7.53. The van der Waals surface area contributed by atoms with Gasteiger partial charge in [0.1, 0.15) is 0 Å². The Balaban J connectivity index is 1.76. The summed E-state index contributed by atoms with van der Waals surface area (Å²) < 4.78 is 4.98. The molecule has 122 valence electrons. The van der Waals surface area contributed by atoms with Crippen LogP contribution in [0.1, 0.15) is 26.2 Å². The molecule has 0 radical (unpaired) electrons. The zero-order valence-electron chi connectivity index (χ0n) is 13.0. The molecule has 0 heterocycles. The summed E-state index contributed by atoms with van der Waals surface area (Å²) in [6.45, 7) is 1.09. The first kappa shape index (κ1) is 16.7. The summed E-state index contributed by atoms with van der Waals surface area (Å²) in [6.07, 6.45) is 6.31. The number of carbonyl (C=O) groups is 3. The molecule has 2 amide bonds. The molecule has 23 heavy (non-hydrogen) atoms. The lowest BCUT2D eigenvalue weighted by molar-refractivity contribution is -0.147. The second kappa shape index (κ2) is 8.12. The topological polar surface area (TPSA) is 84.5 Å². The molecule has 1 aliphatic rings. The molecule has 0 aromatic heterocycles. The van der Waals surface area contributed by atoms with Crippen LogP contribution < -0.4 is 10.6 Å². The van der Waals surface area contributed by atoms with E-state index in [1.54, 1.807) is 24.3 Å². The molecule has 0 bridgehead atoms. The van der Waals surface area contributed by atoms with Crippen LogP contribution in [0.4, 0.5) is 11.4 Å². The smallest absolute Gasteiger partial charge is 0.306 e. The average molecular weight is 316 g/mol. The molecule has 1 aliphatic carbocycles. The summed E-state index contributed by atoms with van der Waals surface area (Å²) in [7, 11) is 0. The molecule has 0 fully saturated rings. The molecule has 2 rings (SSSR count). The molecule has 6 heteroatoms. The van der Waals surface area contributed by atoms with Gasteiger partial charge >= 0.3 is 5.97 Å². The number of hydrogen-bond donors (Lipinski definition) is 2. The average Bonchev–Trinajstić information content (AvgIpc) is 2.98. The van der Waals surface area contributed by atoms with Crippen LogP contribution in [-0.2, 0) is 19.1 Å². The van der Waals surface area contributed by atoms with E-state index in [1.165, 1.54) is 6.92 Å². The van der Waals surface area contributed by atoms with Crippen LogP contribution in [-0.4, -0.2) is 24.4 Å². The molecular formula is C17H20N2O4. The second-order valence-electron chi connectivity index (χ2n) is 5.44. The predicted octanol–water partition coefficient (Wildman–Crippen LogP) is 2.48. The van der Waals surface area contributed by atoms with E-state index in [0.29, 0.717) is 17.8 Å². The number of benzene rings is 1. The van der Waals surface area contributed by atoms with Gasteiger partial charge in [0.25, 0.3) is 5.91 Å². The first-order valence-electron chi connectivity index (χ1n) is 7.53. The quantitative estimate of drug-likeness (QED) is 0.624. The summed E-state index contributed by atoms with van der Waals surface area (Å²) in [5.41, 5.74) is 1.11. The summed E-state index contributed by atoms with van der Waals surface area (Å²) in [5, 5.41) is 5.25. The van der Waals surface area contributed by atoms with Gasteiger partial charge in [-0.2, -0.15) is 0 Å². The number of allylic oxidation sites excluding steroid dienone is 2. The van der Waals surface area contributed by atoms with E-state index < -0.39 is 5.91 Å². The highest BCUT2D eigenvalue weighted by Crippen LogP contribution is 2.20. The zero-order valence-corrected chi connectivity index (χ0v) is 13.0. The normalized spacial score (nSPS) is 16.0. The van der Waals surface area contributed by atoms with Crippen molar-refractivity contribution in [3.63, 3.8) is 0 Å². The lowest BCUT2D eigenvalue weighted by atomic mass is 10.1. The van der Waals surface area contributed by atoms with Crippen molar-refractivity contribution in [2.45, 2.75) is 26.2 Å². The van der Waals surface area contributed by atoms with Crippen molar-refractivity contribution >= 4 is 29.2 Å². The number of anilines is 2. The lowest BCUT2D eigenvalue weighted by Crippen LogP contribution is -2.21. The summed E-state index contributed by atoms with van der Waals surface area (Å²) in [5.74, 6) is -0.757. The summed E-state index contributed by atoms with van der Waals surface area (Å²) >= 11 is 0. The Morgan fingerprint density at radius 3 is 2.61 bits per heavy atom.